The van der Waals surface area contributed by atoms with Gasteiger partial charge in [0.05, 0.1) is 17.9 Å². The molecule has 3 unspecified atom stereocenters. The lowest BCUT2D eigenvalue weighted by molar-refractivity contribution is -0.140. The predicted octanol–water partition coefficient (Wildman–Crippen LogP) is 2.65. The molecule has 1 saturated carbocycles. The molecule has 1 heterocycles. The van der Waals surface area contributed by atoms with Gasteiger partial charge in [0.25, 0.3) is 0 Å². The first-order valence-corrected chi connectivity index (χ1v) is 7.60. The van der Waals surface area contributed by atoms with Crippen LogP contribution in [-0.2, 0) is 9.59 Å². The van der Waals surface area contributed by atoms with Crippen LogP contribution >= 0.6 is 0 Å². The third kappa shape index (κ3) is 3.39. The standard InChI is InChI=1S/C18H18N2O3/c1-11(20-17(21)15-10-16(15)18(22)23)12-2-4-13(5-3-12)14-6-8-19-9-7-14/h2-9,11,15-16H,10H2,1H3,(H,20,21)(H,22,23). The largest absolute Gasteiger partial charge is 0.481 e. The Balaban J connectivity index is 1.63. The highest BCUT2D eigenvalue weighted by atomic mass is 16.4. The SMILES string of the molecule is CC(NC(=O)C1CC1C(=O)O)c1ccc(-c2ccncc2)cc1. The molecular formula is C18H18N2O3. The highest BCUT2D eigenvalue weighted by Crippen LogP contribution is 2.39. The summed E-state index contributed by atoms with van der Waals surface area (Å²) in [6, 6.07) is 11.7. The number of hydrogen-bond donors (Lipinski definition) is 2. The number of carbonyl (C=O) groups is 2. The topological polar surface area (TPSA) is 79.3 Å². The van der Waals surface area contributed by atoms with Crippen molar-refractivity contribution in [3.05, 3.63) is 54.4 Å². The average Bonchev–Trinajstić information content (AvgIpc) is 3.37. The van der Waals surface area contributed by atoms with Crippen LogP contribution in [0.5, 0.6) is 0 Å². The van der Waals surface area contributed by atoms with Gasteiger partial charge in [0, 0.05) is 12.4 Å². The maximum Gasteiger partial charge on any atom is 0.307 e. The summed E-state index contributed by atoms with van der Waals surface area (Å²) in [7, 11) is 0. The lowest BCUT2D eigenvalue weighted by Crippen LogP contribution is -2.29. The van der Waals surface area contributed by atoms with Crippen LogP contribution in [0.4, 0.5) is 0 Å². The Hall–Kier alpha value is -2.69. The van der Waals surface area contributed by atoms with Crippen LogP contribution < -0.4 is 5.32 Å². The quantitative estimate of drug-likeness (QED) is 0.890. The molecule has 1 aromatic heterocycles. The van der Waals surface area contributed by atoms with Crippen LogP contribution in [0.3, 0.4) is 0 Å². The lowest BCUT2D eigenvalue weighted by Gasteiger charge is -2.15. The number of nitrogens with zero attached hydrogens (tertiary/aromatic N) is 1. The summed E-state index contributed by atoms with van der Waals surface area (Å²) in [5.74, 6) is -1.97. The first-order chi connectivity index (χ1) is 11.1. The molecule has 5 nitrogen and oxygen atoms in total. The van der Waals surface area contributed by atoms with Gasteiger partial charge in [-0.2, -0.15) is 0 Å². The zero-order valence-electron chi connectivity index (χ0n) is 12.8. The van der Waals surface area contributed by atoms with Crippen molar-refractivity contribution in [3.8, 4) is 11.1 Å². The van der Waals surface area contributed by atoms with Crippen LogP contribution in [0.15, 0.2) is 48.8 Å². The molecule has 23 heavy (non-hydrogen) atoms. The molecule has 1 aromatic carbocycles. The van der Waals surface area contributed by atoms with Crippen molar-refractivity contribution in [3.63, 3.8) is 0 Å². The molecule has 5 heteroatoms. The van der Waals surface area contributed by atoms with E-state index in [-0.39, 0.29) is 17.9 Å². The van der Waals surface area contributed by atoms with Crippen molar-refractivity contribution in [2.45, 2.75) is 19.4 Å². The van der Waals surface area contributed by atoms with E-state index in [1.54, 1.807) is 12.4 Å². The number of hydrogen-bond acceptors (Lipinski definition) is 3. The summed E-state index contributed by atoms with van der Waals surface area (Å²) in [5, 5.41) is 11.8. The number of aliphatic carboxylic acids is 1. The Bertz CT molecular complexity index is 713. The Morgan fingerprint density at radius 1 is 1.09 bits per heavy atom. The van der Waals surface area contributed by atoms with Gasteiger partial charge in [0.1, 0.15) is 0 Å². The van der Waals surface area contributed by atoms with Crippen molar-refractivity contribution in [1.82, 2.24) is 10.3 Å². The molecule has 1 aliphatic rings. The number of carboxylic acid groups (broad SMARTS) is 1. The molecule has 2 aromatic rings. The van der Waals surface area contributed by atoms with Gasteiger partial charge in [-0.05, 0) is 42.2 Å². The van der Waals surface area contributed by atoms with Crippen molar-refractivity contribution in [2.24, 2.45) is 11.8 Å². The molecular weight excluding hydrogens is 292 g/mol. The smallest absolute Gasteiger partial charge is 0.307 e. The number of nitrogens with one attached hydrogen (secondary N) is 1. The first-order valence-electron chi connectivity index (χ1n) is 7.60. The van der Waals surface area contributed by atoms with Gasteiger partial charge in [-0.15, -0.1) is 0 Å². The normalized spacial score (nSPS) is 20.6. The Morgan fingerprint density at radius 3 is 2.26 bits per heavy atom. The van der Waals surface area contributed by atoms with Crippen LogP contribution in [0.1, 0.15) is 24.9 Å². The molecule has 0 radical (unpaired) electrons. The lowest BCUT2D eigenvalue weighted by atomic mass is 10.0. The van der Waals surface area contributed by atoms with E-state index in [0.717, 1.165) is 16.7 Å². The second-order valence-electron chi connectivity index (χ2n) is 5.88. The number of pyridine rings is 1. The van der Waals surface area contributed by atoms with Gasteiger partial charge >= 0.3 is 5.97 Å². The van der Waals surface area contributed by atoms with Crippen molar-refractivity contribution in [2.75, 3.05) is 0 Å². The van der Waals surface area contributed by atoms with Gasteiger partial charge < -0.3 is 10.4 Å². The van der Waals surface area contributed by atoms with Gasteiger partial charge in [0.2, 0.25) is 5.91 Å². The van der Waals surface area contributed by atoms with E-state index in [1.165, 1.54) is 0 Å². The van der Waals surface area contributed by atoms with Crippen molar-refractivity contribution < 1.29 is 14.7 Å². The average molecular weight is 310 g/mol. The van der Waals surface area contributed by atoms with Gasteiger partial charge in [-0.3, -0.25) is 14.6 Å². The molecule has 118 valence electrons. The Labute approximate surface area is 134 Å². The van der Waals surface area contributed by atoms with Gasteiger partial charge in [-0.25, -0.2) is 0 Å². The number of carboxylic acids is 1. The van der Waals surface area contributed by atoms with E-state index in [4.69, 9.17) is 5.11 Å². The van der Waals surface area contributed by atoms with E-state index < -0.39 is 11.9 Å². The minimum absolute atomic E-state index is 0.149. The number of carbonyl (C=O) groups excluding carboxylic acids is 1. The number of amides is 1. The summed E-state index contributed by atoms with van der Waals surface area (Å²) in [6.45, 7) is 1.90. The van der Waals surface area contributed by atoms with E-state index in [9.17, 15) is 9.59 Å². The van der Waals surface area contributed by atoms with Crippen molar-refractivity contribution >= 4 is 11.9 Å². The zero-order valence-corrected chi connectivity index (χ0v) is 12.8. The maximum absolute atomic E-state index is 12.0. The van der Waals surface area contributed by atoms with Crippen molar-refractivity contribution in [1.29, 1.82) is 0 Å². The minimum atomic E-state index is -0.889. The number of benzene rings is 1. The summed E-state index contributed by atoms with van der Waals surface area (Å²) in [4.78, 5) is 26.8. The second-order valence-corrected chi connectivity index (χ2v) is 5.88. The monoisotopic (exact) mass is 310 g/mol. The fraction of sp³-hybridized carbons (Fsp3) is 0.278. The number of rotatable bonds is 5. The fourth-order valence-electron chi connectivity index (χ4n) is 2.67. The zero-order chi connectivity index (χ0) is 16.4. The Kier molecular flexibility index (Phi) is 4.10. The summed E-state index contributed by atoms with van der Waals surface area (Å²) >= 11 is 0. The predicted molar refractivity (Wildman–Crippen MR) is 85.5 cm³/mol. The molecule has 3 rings (SSSR count). The minimum Gasteiger partial charge on any atom is -0.481 e. The molecule has 1 amide bonds. The molecule has 0 bridgehead atoms. The highest BCUT2D eigenvalue weighted by Gasteiger charge is 2.48. The number of aromatic nitrogens is 1. The molecule has 1 aliphatic carbocycles. The maximum atomic E-state index is 12.0. The first kappa shape index (κ1) is 15.2. The fourth-order valence-corrected chi connectivity index (χ4v) is 2.67. The molecule has 0 aliphatic heterocycles. The second kappa shape index (κ2) is 6.20. The van der Waals surface area contributed by atoms with Crippen LogP contribution in [0.25, 0.3) is 11.1 Å². The van der Waals surface area contributed by atoms with E-state index in [2.05, 4.69) is 10.3 Å². The Morgan fingerprint density at radius 2 is 1.70 bits per heavy atom. The van der Waals surface area contributed by atoms with Gasteiger partial charge in [-0.1, -0.05) is 24.3 Å². The summed E-state index contributed by atoms with van der Waals surface area (Å²) < 4.78 is 0. The van der Waals surface area contributed by atoms with E-state index in [0.29, 0.717) is 6.42 Å². The molecule has 0 saturated heterocycles. The molecule has 2 N–H and O–H groups in total. The van der Waals surface area contributed by atoms with Crippen LogP contribution in [-0.4, -0.2) is 22.0 Å². The van der Waals surface area contributed by atoms with E-state index in [1.807, 2.05) is 43.3 Å². The van der Waals surface area contributed by atoms with Gasteiger partial charge in [0.15, 0.2) is 0 Å². The van der Waals surface area contributed by atoms with E-state index >= 15 is 0 Å². The summed E-state index contributed by atoms with van der Waals surface area (Å²) in [5.41, 5.74) is 3.16. The molecule has 1 fully saturated rings. The third-order valence-electron chi connectivity index (χ3n) is 4.23. The summed E-state index contributed by atoms with van der Waals surface area (Å²) in [6.07, 6.45) is 3.94. The molecule has 0 spiro atoms. The third-order valence-corrected chi connectivity index (χ3v) is 4.23. The highest BCUT2D eigenvalue weighted by molar-refractivity contribution is 5.89. The van der Waals surface area contributed by atoms with Crippen LogP contribution in [0.2, 0.25) is 0 Å². The molecule has 3 atom stereocenters. The van der Waals surface area contributed by atoms with Crippen LogP contribution in [0, 0.1) is 11.8 Å².